The molecule has 1 heterocycles. The van der Waals surface area contributed by atoms with Gasteiger partial charge in [0.15, 0.2) is 0 Å². The lowest BCUT2D eigenvalue weighted by atomic mass is 9.93. The Balaban J connectivity index is 1.69. The van der Waals surface area contributed by atoms with Crippen LogP contribution in [0.15, 0.2) is 24.3 Å². The van der Waals surface area contributed by atoms with Gasteiger partial charge in [0, 0.05) is 19.1 Å². The largest absolute Gasteiger partial charge is 0.393 e. The molecule has 2 aliphatic rings. The lowest BCUT2D eigenvalue weighted by Gasteiger charge is -2.29. The highest BCUT2D eigenvalue weighted by Crippen LogP contribution is 2.31. The van der Waals surface area contributed by atoms with Gasteiger partial charge in [0.2, 0.25) is 0 Å². The Labute approximate surface area is 115 Å². The van der Waals surface area contributed by atoms with Crippen LogP contribution in [0.2, 0.25) is 0 Å². The maximum Gasteiger partial charge on any atom is 0.0602 e. The SMILES string of the molecule is OC1CCC(Nc2ccccc2N2CCCC2)CC1. The van der Waals surface area contributed by atoms with Crippen LogP contribution in [-0.2, 0) is 0 Å². The van der Waals surface area contributed by atoms with E-state index in [9.17, 15) is 5.11 Å². The Morgan fingerprint density at radius 2 is 1.68 bits per heavy atom. The molecule has 0 aromatic heterocycles. The number of rotatable bonds is 3. The van der Waals surface area contributed by atoms with Crippen LogP contribution in [0.4, 0.5) is 11.4 Å². The molecule has 1 aromatic carbocycles. The Morgan fingerprint density at radius 3 is 2.42 bits per heavy atom. The first-order valence-electron chi connectivity index (χ1n) is 7.61. The van der Waals surface area contributed by atoms with Gasteiger partial charge in [0.25, 0.3) is 0 Å². The maximum atomic E-state index is 9.58. The highest BCUT2D eigenvalue weighted by molar-refractivity contribution is 5.70. The summed E-state index contributed by atoms with van der Waals surface area (Å²) in [5.41, 5.74) is 2.62. The van der Waals surface area contributed by atoms with E-state index < -0.39 is 0 Å². The number of para-hydroxylation sites is 2. The van der Waals surface area contributed by atoms with E-state index >= 15 is 0 Å². The van der Waals surface area contributed by atoms with E-state index in [-0.39, 0.29) is 6.10 Å². The van der Waals surface area contributed by atoms with Crippen LogP contribution in [0.25, 0.3) is 0 Å². The normalized spacial score (nSPS) is 27.5. The van der Waals surface area contributed by atoms with E-state index in [1.807, 2.05) is 0 Å². The first-order valence-corrected chi connectivity index (χ1v) is 7.61. The fraction of sp³-hybridized carbons (Fsp3) is 0.625. The summed E-state index contributed by atoms with van der Waals surface area (Å²) in [4.78, 5) is 2.49. The summed E-state index contributed by atoms with van der Waals surface area (Å²) in [5.74, 6) is 0. The minimum atomic E-state index is -0.0770. The van der Waals surface area contributed by atoms with Gasteiger partial charge in [0.1, 0.15) is 0 Å². The average Bonchev–Trinajstić information content (AvgIpc) is 2.96. The third kappa shape index (κ3) is 3.03. The molecule has 0 unspecified atom stereocenters. The molecule has 0 radical (unpaired) electrons. The van der Waals surface area contributed by atoms with Gasteiger partial charge in [-0.3, -0.25) is 0 Å². The lowest BCUT2D eigenvalue weighted by Crippen LogP contribution is -2.29. The first-order chi connectivity index (χ1) is 9.33. The van der Waals surface area contributed by atoms with Gasteiger partial charge in [-0.05, 0) is 50.7 Å². The summed E-state index contributed by atoms with van der Waals surface area (Å²) in [5, 5.41) is 13.3. The molecule has 1 aliphatic heterocycles. The van der Waals surface area contributed by atoms with Crippen LogP contribution < -0.4 is 10.2 Å². The molecule has 104 valence electrons. The van der Waals surface area contributed by atoms with Crippen molar-refractivity contribution in [2.24, 2.45) is 0 Å². The fourth-order valence-corrected chi connectivity index (χ4v) is 3.27. The number of anilines is 2. The summed E-state index contributed by atoms with van der Waals surface area (Å²) in [6.07, 6.45) is 6.57. The molecule has 3 rings (SSSR count). The van der Waals surface area contributed by atoms with E-state index in [0.29, 0.717) is 6.04 Å². The van der Waals surface area contributed by atoms with Crippen molar-refractivity contribution in [3.8, 4) is 0 Å². The summed E-state index contributed by atoms with van der Waals surface area (Å²) in [6.45, 7) is 2.37. The second-order valence-corrected chi connectivity index (χ2v) is 5.86. The molecule has 1 saturated carbocycles. The molecule has 2 fully saturated rings. The molecule has 2 N–H and O–H groups in total. The van der Waals surface area contributed by atoms with Crippen molar-refractivity contribution >= 4 is 11.4 Å². The van der Waals surface area contributed by atoms with Crippen molar-refractivity contribution in [2.75, 3.05) is 23.3 Å². The van der Waals surface area contributed by atoms with Crippen molar-refractivity contribution in [3.63, 3.8) is 0 Å². The smallest absolute Gasteiger partial charge is 0.0602 e. The molecule has 19 heavy (non-hydrogen) atoms. The Kier molecular flexibility index (Phi) is 3.92. The van der Waals surface area contributed by atoms with Crippen molar-refractivity contribution < 1.29 is 5.11 Å². The number of nitrogens with one attached hydrogen (secondary N) is 1. The average molecular weight is 260 g/mol. The standard InChI is InChI=1S/C16H24N2O/c19-14-9-7-13(8-10-14)17-15-5-1-2-6-16(15)18-11-3-4-12-18/h1-2,5-6,13-14,17,19H,3-4,7-12H2. The molecule has 0 spiro atoms. The maximum absolute atomic E-state index is 9.58. The van der Waals surface area contributed by atoms with E-state index in [4.69, 9.17) is 0 Å². The summed E-state index contributed by atoms with van der Waals surface area (Å²) in [7, 11) is 0. The number of benzene rings is 1. The highest BCUT2D eigenvalue weighted by atomic mass is 16.3. The van der Waals surface area contributed by atoms with Gasteiger partial charge >= 0.3 is 0 Å². The summed E-state index contributed by atoms with van der Waals surface area (Å²) < 4.78 is 0. The topological polar surface area (TPSA) is 35.5 Å². The number of nitrogens with zero attached hydrogens (tertiary/aromatic N) is 1. The van der Waals surface area contributed by atoms with Gasteiger partial charge in [-0.2, -0.15) is 0 Å². The second-order valence-electron chi connectivity index (χ2n) is 5.86. The van der Waals surface area contributed by atoms with Crippen molar-refractivity contribution in [1.29, 1.82) is 0 Å². The molecule has 1 saturated heterocycles. The number of aliphatic hydroxyl groups excluding tert-OH is 1. The molecule has 0 bridgehead atoms. The lowest BCUT2D eigenvalue weighted by molar-refractivity contribution is 0.126. The quantitative estimate of drug-likeness (QED) is 0.877. The molecule has 0 atom stereocenters. The van der Waals surface area contributed by atoms with E-state index in [1.54, 1.807) is 0 Å². The van der Waals surface area contributed by atoms with Crippen LogP contribution >= 0.6 is 0 Å². The Bertz CT molecular complexity index is 407. The number of hydrogen-bond acceptors (Lipinski definition) is 3. The monoisotopic (exact) mass is 260 g/mol. The van der Waals surface area contributed by atoms with Crippen molar-refractivity contribution in [3.05, 3.63) is 24.3 Å². The molecule has 3 heteroatoms. The zero-order valence-electron chi connectivity index (χ0n) is 11.5. The summed E-state index contributed by atoms with van der Waals surface area (Å²) >= 11 is 0. The molecular formula is C16H24N2O. The summed E-state index contributed by atoms with van der Waals surface area (Å²) in [6, 6.07) is 9.18. The number of hydrogen-bond donors (Lipinski definition) is 2. The molecule has 1 aliphatic carbocycles. The van der Waals surface area contributed by atoms with E-state index in [0.717, 1.165) is 25.7 Å². The van der Waals surface area contributed by atoms with Gasteiger partial charge in [-0.15, -0.1) is 0 Å². The van der Waals surface area contributed by atoms with Crippen molar-refractivity contribution in [1.82, 2.24) is 0 Å². The zero-order valence-corrected chi connectivity index (χ0v) is 11.5. The van der Waals surface area contributed by atoms with Crippen molar-refractivity contribution in [2.45, 2.75) is 50.7 Å². The Morgan fingerprint density at radius 1 is 1.00 bits per heavy atom. The predicted octanol–water partition coefficient (Wildman–Crippen LogP) is 3.00. The van der Waals surface area contributed by atoms with E-state index in [2.05, 4.69) is 34.5 Å². The van der Waals surface area contributed by atoms with Gasteiger partial charge < -0.3 is 15.3 Å². The third-order valence-corrected chi connectivity index (χ3v) is 4.41. The zero-order chi connectivity index (χ0) is 13.1. The molecular weight excluding hydrogens is 236 g/mol. The van der Waals surface area contributed by atoms with Gasteiger partial charge in [0.05, 0.1) is 17.5 Å². The van der Waals surface area contributed by atoms with Crippen LogP contribution in [0.3, 0.4) is 0 Å². The molecule has 1 aromatic rings. The van der Waals surface area contributed by atoms with Crippen LogP contribution in [0.5, 0.6) is 0 Å². The predicted molar refractivity (Wildman–Crippen MR) is 79.8 cm³/mol. The van der Waals surface area contributed by atoms with Crippen LogP contribution in [-0.4, -0.2) is 30.3 Å². The van der Waals surface area contributed by atoms with Crippen LogP contribution in [0, 0.1) is 0 Å². The number of aliphatic hydroxyl groups is 1. The fourth-order valence-electron chi connectivity index (χ4n) is 3.27. The first kappa shape index (κ1) is 12.8. The highest BCUT2D eigenvalue weighted by Gasteiger charge is 2.21. The van der Waals surface area contributed by atoms with Crippen LogP contribution in [0.1, 0.15) is 38.5 Å². The molecule has 3 nitrogen and oxygen atoms in total. The minimum absolute atomic E-state index is 0.0770. The minimum Gasteiger partial charge on any atom is -0.393 e. The second kappa shape index (κ2) is 5.83. The molecule has 0 amide bonds. The Hall–Kier alpha value is -1.22. The third-order valence-electron chi connectivity index (χ3n) is 4.41. The van der Waals surface area contributed by atoms with Gasteiger partial charge in [-0.25, -0.2) is 0 Å². The van der Waals surface area contributed by atoms with Gasteiger partial charge in [-0.1, -0.05) is 12.1 Å². The van der Waals surface area contributed by atoms with E-state index in [1.165, 1.54) is 37.3 Å².